The summed E-state index contributed by atoms with van der Waals surface area (Å²) in [7, 11) is 0. The van der Waals surface area contributed by atoms with Crippen LogP contribution in [0.3, 0.4) is 0 Å². The van der Waals surface area contributed by atoms with Crippen LogP contribution in [-0.2, 0) is 6.42 Å². The summed E-state index contributed by atoms with van der Waals surface area (Å²) in [6, 6.07) is 5.06. The molecule has 1 aliphatic rings. The zero-order valence-electron chi connectivity index (χ0n) is 12.1. The van der Waals surface area contributed by atoms with Gasteiger partial charge in [-0.1, -0.05) is 50.2 Å². The topological polar surface area (TPSA) is 0 Å². The van der Waals surface area contributed by atoms with Gasteiger partial charge in [-0.2, -0.15) is 13.2 Å². The molecular weight excluding hydrogens is 293 g/mol. The maximum atomic E-state index is 12.7. The molecule has 0 bridgehead atoms. The Bertz CT molecular complexity index is 531. The fourth-order valence-corrected chi connectivity index (χ4v) is 3.32. The highest BCUT2D eigenvalue weighted by molar-refractivity contribution is 8.00. The number of hydrogen-bond donors (Lipinski definition) is 0. The van der Waals surface area contributed by atoms with Crippen molar-refractivity contribution in [2.24, 2.45) is 5.92 Å². The van der Waals surface area contributed by atoms with Gasteiger partial charge < -0.3 is 0 Å². The quantitative estimate of drug-likeness (QED) is 0.492. The number of benzene rings is 1. The summed E-state index contributed by atoms with van der Waals surface area (Å²) < 4.78 is 38.0. The fraction of sp³-hybridized carbons (Fsp3) is 0.529. The van der Waals surface area contributed by atoms with Crippen LogP contribution in [0, 0.1) is 17.8 Å². The molecule has 0 aliphatic heterocycles. The molecule has 1 saturated carbocycles. The predicted molar refractivity (Wildman–Crippen MR) is 81.2 cm³/mol. The summed E-state index contributed by atoms with van der Waals surface area (Å²) in [4.78, 5) is 0.227. The minimum absolute atomic E-state index is 0.0590. The van der Waals surface area contributed by atoms with Gasteiger partial charge in [-0.3, -0.25) is 0 Å². The van der Waals surface area contributed by atoms with E-state index in [0.717, 1.165) is 18.4 Å². The molecule has 0 spiro atoms. The molecule has 1 fully saturated rings. The molecule has 0 radical (unpaired) electrons. The second-order valence-electron chi connectivity index (χ2n) is 5.30. The Labute approximate surface area is 128 Å². The lowest BCUT2D eigenvalue weighted by Gasteiger charge is -2.16. The fourth-order valence-electron chi connectivity index (χ4n) is 2.64. The zero-order chi connectivity index (χ0) is 15.3. The highest BCUT2D eigenvalue weighted by Gasteiger charge is 2.30. The Hall–Kier alpha value is -1.08. The number of hydrogen-bond acceptors (Lipinski definition) is 1. The van der Waals surface area contributed by atoms with Crippen LogP contribution < -0.4 is 0 Å². The third-order valence-electron chi connectivity index (χ3n) is 3.73. The maximum absolute atomic E-state index is 12.7. The molecule has 0 nitrogen and oxygen atoms in total. The van der Waals surface area contributed by atoms with Crippen molar-refractivity contribution in [1.82, 2.24) is 0 Å². The van der Waals surface area contributed by atoms with Crippen molar-refractivity contribution >= 4 is 11.8 Å². The molecule has 0 unspecified atom stereocenters. The van der Waals surface area contributed by atoms with Gasteiger partial charge in [0.2, 0.25) is 0 Å². The summed E-state index contributed by atoms with van der Waals surface area (Å²) in [5.74, 6) is 6.60. The third kappa shape index (κ3) is 5.00. The summed E-state index contributed by atoms with van der Waals surface area (Å²) in [6.45, 7) is 1.95. The predicted octanol–water partition coefficient (Wildman–Crippen LogP) is 5.79. The summed E-state index contributed by atoms with van der Waals surface area (Å²) in [5.41, 5.74) is -2.81. The SMILES string of the molecule is CCc1cccc(SC(F)(F)F)c1C#CC1CCCCC1. The van der Waals surface area contributed by atoms with Crippen LogP contribution >= 0.6 is 11.8 Å². The normalized spacial score (nSPS) is 16.4. The first kappa shape index (κ1) is 16.3. The number of rotatable bonds is 2. The van der Waals surface area contributed by atoms with Crippen LogP contribution in [-0.4, -0.2) is 5.51 Å². The van der Waals surface area contributed by atoms with Crippen LogP contribution in [0.4, 0.5) is 13.2 Å². The molecular formula is C17H19F3S. The minimum Gasteiger partial charge on any atom is -0.160 e. The minimum atomic E-state index is -4.27. The van der Waals surface area contributed by atoms with E-state index in [2.05, 4.69) is 11.8 Å². The molecule has 0 amide bonds. The summed E-state index contributed by atoms with van der Waals surface area (Å²) in [6.07, 6.45) is 6.45. The molecule has 0 aromatic heterocycles. The molecule has 0 heterocycles. The first-order chi connectivity index (χ1) is 9.99. The van der Waals surface area contributed by atoms with Crippen molar-refractivity contribution in [3.63, 3.8) is 0 Å². The number of alkyl halides is 3. The van der Waals surface area contributed by atoms with Crippen molar-refractivity contribution in [3.05, 3.63) is 29.3 Å². The zero-order valence-corrected chi connectivity index (χ0v) is 12.9. The lowest BCUT2D eigenvalue weighted by atomic mass is 9.89. The van der Waals surface area contributed by atoms with Crippen molar-refractivity contribution < 1.29 is 13.2 Å². The highest BCUT2D eigenvalue weighted by atomic mass is 32.2. The van der Waals surface area contributed by atoms with Crippen LogP contribution in [0.5, 0.6) is 0 Å². The van der Waals surface area contributed by atoms with Gasteiger partial charge in [0.15, 0.2) is 0 Å². The smallest absolute Gasteiger partial charge is 0.160 e. The first-order valence-electron chi connectivity index (χ1n) is 7.39. The molecule has 4 heteroatoms. The second kappa shape index (κ2) is 7.26. The Morgan fingerprint density at radius 1 is 1.19 bits per heavy atom. The van der Waals surface area contributed by atoms with Gasteiger partial charge in [0, 0.05) is 16.4 Å². The second-order valence-corrected chi connectivity index (χ2v) is 6.40. The monoisotopic (exact) mass is 312 g/mol. The molecule has 0 N–H and O–H groups in total. The average Bonchev–Trinajstić information content (AvgIpc) is 2.45. The van der Waals surface area contributed by atoms with E-state index in [1.165, 1.54) is 25.3 Å². The van der Waals surface area contributed by atoms with E-state index in [1.807, 2.05) is 13.0 Å². The van der Waals surface area contributed by atoms with Crippen molar-refractivity contribution in [2.75, 3.05) is 0 Å². The van der Waals surface area contributed by atoms with Gasteiger partial charge >= 0.3 is 5.51 Å². The molecule has 114 valence electrons. The molecule has 1 aromatic carbocycles. The first-order valence-corrected chi connectivity index (χ1v) is 8.20. The van der Waals surface area contributed by atoms with E-state index in [4.69, 9.17) is 0 Å². The van der Waals surface area contributed by atoms with Gasteiger partial charge in [-0.15, -0.1) is 0 Å². The third-order valence-corrected chi connectivity index (χ3v) is 4.52. The molecule has 0 saturated heterocycles. The van der Waals surface area contributed by atoms with Crippen LogP contribution in [0.15, 0.2) is 23.1 Å². The van der Waals surface area contributed by atoms with Gasteiger partial charge in [0.1, 0.15) is 0 Å². The largest absolute Gasteiger partial charge is 0.446 e. The standard InChI is InChI=1S/C17H19F3S/c1-2-14-9-6-10-16(21-17(18,19)20)15(14)12-11-13-7-4-3-5-8-13/h6,9-10,13H,2-5,7-8H2,1H3. The van der Waals surface area contributed by atoms with Crippen LogP contribution in [0.2, 0.25) is 0 Å². The maximum Gasteiger partial charge on any atom is 0.446 e. The van der Waals surface area contributed by atoms with Gasteiger partial charge in [0.05, 0.1) is 0 Å². The molecule has 0 atom stereocenters. The van der Waals surface area contributed by atoms with Crippen LogP contribution in [0.1, 0.15) is 50.2 Å². The molecule has 21 heavy (non-hydrogen) atoms. The lowest BCUT2D eigenvalue weighted by molar-refractivity contribution is -0.0328. The van der Waals surface area contributed by atoms with E-state index in [1.54, 1.807) is 6.07 Å². The Balaban J connectivity index is 2.29. The highest BCUT2D eigenvalue weighted by Crippen LogP contribution is 2.39. The lowest BCUT2D eigenvalue weighted by Crippen LogP contribution is -2.04. The van der Waals surface area contributed by atoms with Crippen LogP contribution in [0.25, 0.3) is 0 Å². The molecule has 1 aromatic rings. The Morgan fingerprint density at radius 2 is 1.90 bits per heavy atom. The van der Waals surface area contributed by atoms with E-state index >= 15 is 0 Å². The number of aryl methyl sites for hydroxylation is 1. The Morgan fingerprint density at radius 3 is 2.52 bits per heavy atom. The van der Waals surface area contributed by atoms with Crippen molar-refractivity contribution in [2.45, 2.75) is 55.9 Å². The average molecular weight is 312 g/mol. The number of thioether (sulfide) groups is 1. The van der Waals surface area contributed by atoms with E-state index in [9.17, 15) is 13.2 Å². The van der Waals surface area contributed by atoms with E-state index in [-0.39, 0.29) is 16.7 Å². The summed E-state index contributed by atoms with van der Waals surface area (Å²) >= 11 is -0.0590. The van der Waals surface area contributed by atoms with Gasteiger partial charge in [-0.05, 0) is 42.7 Å². The van der Waals surface area contributed by atoms with Gasteiger partial charge in [0.25, 0.3) is 0 Å². The number of halogens is 3. The van der Waals surface area contributed by atoms with Crippen molar-refractivity contribution in [3.8, 4) is 11.8 Å². The Kier molecular flexibility index (Phi) is 5.64. The van der Waals surface area contributed by atoms with Crippen molar-refractivity contribution in [1.29, 1.82) is 0 Å². The molecule has 2 rings (SSSR count). The molecule has 1 aliphatic carbocycles. The van der Waals surface area contributed by atoms with Gasteiger partial charge in [-0.25, -0.2) is 0 Å². The summed E-state index contributed by atoms with van der Waals surface area (Å²) in [5, 5.41) is 0. The van der Waals surface area contributed by atoms with E-state index in [0.29, 0.717) is 17.9 Å². The van der Waals surface area contributed by atoms with E-state index < -0.39 is 5.51 Å².